The summed E-state index contributed by atoms with van der Waals surface area (Å²) in [5.74, 6) is 1.43. The second-order valence-electron chi connectivity index (χ2n) is 12.1. The number of nitrogens with zero attached hydrogens (tertiary/aromatic N) is 2. The summed E-state index contributed by atoms with van der Waals surface area (Å²) >= 11 is 0. The van der Waals surface area contributed by atoms with Gasteiger partial charge in [-0.15, -0.1) is 0 Å². The average Bonchev–Trinajstić information content (AvgIpc) is 3.29. The van der Waals surface area contributed by atoms with Crippen LogP contribution in [0.1, 0.15) is 88.3 Å². The predicted octanol–water partition coefficient (Wildman–Crippen LogP) is 6.41. The fourth-order valence-corrected chi connectivity index (χ4v) is 5.01. The van der Waals surface area contributed by atoms with Gasteiger partial charge in [-0.05, 0) is 82.7 Å². The number of oxazole rings is 1. The summed E-state index contributed by atoms with van der Waals surface area (Å²) < 4.78 is 11.8. The molecule has 8 heteroatoms. The van der Waals surface area contributed by atoms with Crippen molar-refractivity contribution >= 4 is 18.0 Å². The van der Waals surface area contributed by atoms with Gasteiger partial charge in [0.1, 0.15) is 17.6 Å². The highest BCUT2D eigenvalue weighted by atomic mass is 16.5. The molecule has 1 saturated carbocycles. The number of aliphatic carboxylic acids is 1. The van der Waals surface area contributed by atoms with Crippen molar-refractivity contribution in [1.29, 1.82) is 0 Å². The van der Waals surface area contributed by atoms with E-state index in [4.69, 9.17) is 14.9 Å². The molecule has 0 radical (unpaired) electrons. The van der Waals surface area contributed by atoms with Crippen LogP contribution in [-0.2, 0) is 29.0 Å². The van der Waals surface area contributed by atoms with Crippen LogP contribution in [-0.4, -0.2) is 45.1 Å². The Morgan fingerprint density at radius 1 is 1.17 bits per heavy atom. The van der Waals surface area contributed by atoms with Crippen molar-refractivity contribution in [3.8, 4) is 5.75 Å². The Kier molecular flexibility index (Phi) is 12.2. The van der Waals surface area contributed by atoms with Gasteiger partial charge in [-0.1, -0.05) is 49.6 Å². The highest BCUT2D eigenvalue weighted by Crippen LogP contribution is 2.28. The standard InChI is InChI=1S/C30H36N2O5.C4H11N/c1-3-4-6-11-29(33)32-20-24-18-25(14-13-23(24)19-27(32)30(34)35)36-17-16-26-21(2)37-28(31-26)15-12-22-9-7-5-8-10-22;1-4(2,3)5/h3-4,6,11-15,18,22,27H,5,7-10,16-17,19-20H2,1-2H3,(H,34,35);5H2,1-3H3/b4-3+,11-6+,15-12+;/t27-;/m0./s1. The third-order valence-corrected chi connectivity index (χ3v) is 7.10. The largest absolute Gasteiger partial charge is 0.493 e. The molecule has 1 aliphatic carbocycles. The molecule has 3 N–H and O–H groups in total. The zero-order valence-electron chi connectivity index (χ0n) is 25.8. The number of rotatable bonds is 9. The third-order valence-electron chi connectivity index (χ3n) is 7.10. The predicted molar refractivity (Wildman–Crippen MR) is 166 cm³/mol. The Hall–Kier alpha value is -3.65. The fraction of sp³-hybridized carbons (Fsp3) is 0.500. The number of carboxylic acid groups (broad SMARTS) is 1. The summed E-state index contributed by atoms with van der Waals surface area (Å²) in [6, 6.07) is 4.76. The summed E-state index contributed by atoms with van der Waals surface area (Å²) in [7, 11) is 0. The van der Waals surface area contributed by atoms with E-state index in [0.29, 0.717) is 30.6 Å². The van der Waals surface area contributed by atoms with E-state index in [-0.39, 0.29) is 24.4 Å². The number of amides is 1. The van der Waals surface area contributed by atoms with E-state index in [1.54, 1.807) is 12.2 Å². The van der Waals surface area contributed by atoms with E-state index < -0.39 is 12.0 Å². The number of carbonyl (C=O) groups excluding carboxylic acids is 1. The Morgan fingerprint density at radius 3 is 2.55 bits per heavy atom. The molecule has 1 aromatic carbocycles. The zero-order chi connectivity index (χ0) is 30.7. The van der Waals surface area contributed by atoms with Gasteiger partial charge in [0, 0.05) is 31.0 Å². The second kappa shape index (κ2) is 15.5. The van der Waals surface area contributed by atoms with Crippen molar-refractivity contribution in [2.45, 2.75) is 97.7 Å². The molecule has 0 saturated heterocycles. The zero-order valence-corrected chi connectivity index (χ0v) is 25.8. The third kappa shape index (κ3) is 10.6. The van der Waals surface area contributed by atoms with Crippen LogP contribution in [0.2, 0.25) is 0 Å². The van der Waals surface area contributed by atoms with Crippen LogP contribution in [0.3, 0.4) is 0 Å². The monoisotopic (exact) mass is 577 g/mol. The normalized spacial score (nSPS) is 17.9. The lowest BCUT2D eigenvalue weighted by atomic mass is 9.89. The Bertz CT molecular complexity index is 1270. The summed E-state index contributed by atoms with van der Waals surface area (Å²) in [4.78, 5) is 30.5. The molecule has 0 unspecified atom stereocenters. The molecule has 1 fully saturated rings. The van der Waals surface area contributed by atoms with E-state index >= 15 is 0 Å². The van der Waals surface area contributed by atoms with Crippen LogP contribution in [0.5, 0.6) is 5.75 Å². The smallest absolute Gasteiger partial charge is 0.326 e. The maximum Gasteiger partial charge on any atom is 0.326 e. The number of nitrogens with two attached hydrogens (primary N) is 1. The summed E-state index contributed by atoms with van der Waals surface area (Å²) in [6.45, 7) is 10.3. The summed E-state index contributed by atoms with van der Waals surface area (Å²) in [6.07, 6.45) is 18.1. The van der Waals surface area contributed by atoms with E-state index in [1.165, 1.54) is 43.1 Å². The highest BCUT2D eigenvalue weighted by molar-refractivity contribution is 5.92. The van der Waals surface area contributed by atoms with Gasteiger partial charge < -0.3 is 24.9 Å². The SMILES string of the molecule is C/C=C/C=C/C(=O)N1Cc2cc(OCCc3nc(/C=C/C4CCCCC4)oc3C)ccc2C[C@H]1C(=O)O.CC(C)(C)N. The first-order valence-corrected chi connectivity index (χ1v) is 15.0. The summed E-state index contributed by atoms with van der Waals surface area (Å²) in [5, 5.41) is 9.68. The van der Waals surface area contributed by atoms with Crippen molar-refractivity contribution in [2.75, 3.05) is 6.61 Å². The number of hydrogen-bond acceptors (Lipinski definition) is 6. The molecule has 2 aromatic rings. The van der Waals surface area contributed by atoms with Gasteiger partial charge in [0.2, 0.25) is 11.8 Å². The first-order chi connectivity index (χ1) is 19.9. The molecule has 1 aromatic heterocycles. The molecule has 1 amide bonds. The van der Waals surface area contributed by atoms with Gasteiger partial charge in [-0.3, -0.25) is 4.79 Å². The molecule has 1 aliphatic heterocycles. The lowest BCUT2D eigenvalue weighted by molar-refractivity contribution is -0.149. The number of aromatic nitrogens is 1. The van der Waals surface area contributed by atoms with Crippen LogP contribution < -0.4 is 10.5 Å². The highest BCUT2D eigenvalue weighted by Gasteiger charge is 2.33. The van der Waals surface area contributed by atoms with Crippen molar-refractivity contribution in [2.24, 2.45) is 11.7 Å². The van der Waals surface area contributed by atoms with Crippen molar-refractivity contribution in [3.63, 3.8) is 0 Å². The van der Waals surface area contributed by atoms with Crippen molar-refractivity contribution < 1.29 is 23.8 Å². The molecule has 42 heavy (non-hydrogen) atoms. The van der Waals surface area contributed by atoms with Gasteiger partial charge in [0.05, 0.1) is 12.3 Å². The molecule has 8 nitrogen and oxygen atoms in total. The lowest BCUT2D eigenvalue weighted by Gasteiger charge is -2.34. The maximum atomic E-state index is 12.7. The summed E-state index contributed by atoms with van der Waals surface area (Å²) in [5.41, 5.74) is 8.06. The molecular weight excluding hydrogens is 530 g/mol. The number of allylic oxidation sites excluding steroid dienone is 4. The van der Waals surface area contributed by atoms with Gasteiger partial charge in [-0.25, -0.2) is 9.78 Å². The van der Waals surface area contributed by atoms with E-state index in [1.807, 2.05) is 65.0 Å². The Balaban J connectivity index is 0.000000892. The minimum absolute atomic E-state index is 0. The van der Waals surface area contributed by atoms with Gasteiger partial charge in [0.25, 0.3) is 0 Å². The fourth-order valence-electron chi connectivity index (χ4n) is 5.01. The van der Waals surface area contributed by atoms with Crippen LogP contribution in [0.15, 0.2) is 53.0 Å². The van der Waals surface area contributed by atoms with Crippen LogP contribution in [0.4, 0.5) is 0 Å². The molecule has 1 atom stereocenters. The van der Waals surface area contributed by atoms with E-state index in [9.17, 15) is 14.7 Å². The molecular formula is C34H47N3O5. The van der Waals surface area contributed by atoms with Gasteiger partial charge in [0.15, 0.2) is 0 Å². The minimum Gasteiger partial charge on any atom is -0.493 e. The minimum atomic E-state index is -1.00. The number of ether oxygens (including phenoxy) is 1. The molecule has 0 spiro atoms. The van der Waals surface area contributed by atoms with E-state index in [0.717, 1.165) is 22.6 Å². The Labute approximate surface area is 250 Å². The quantitative estimate of drug-likeness (QED) is 0.261. The van der Waals surface area contributed by atoms with Crippen molar-refractivity contribution in [3.05, 3.63) is 77.1 Å². The lowest BCUT2D eigenvalue weighted by Crippen LogP contribution is -2.48. The molecule has 2 heterocycles. The molecule has 228 valence electrons. The number of benzene rings is 1. The number of carbonyl (C=O) groups is 2. The molecule has 0 bridgehead atoms. The topological polar surface area (TPSA) is 119 Å². The van der Waals surface area contributed by atoms with Crippen LogP contribution >= 0.6 is 0 Å². The van der Waals surface area contributed by atoms with Crippen molar-refractivity contribution in [1.82, 2.24) is 9.88 Å². The number of hydrogen-bond donors (Lipinski definition) is 2. The first-order valence-electron chi connectivity index (χ1n) is 15.0. The van der Waals surface area contributed by atoms with Crippen LogP contribution in [0, 0.1) is 12.8 Å². The molecule has 2 aliphatic rings. The number of carboxylic acids is 1. The molecule has 4 rings (SSSR count). The van der Waals surface area contributed by atoms with Gasteiger partial charge >= 0.3 is 5.97 Å². The van der Waals surface area contributed by atoms with Gasteiger partial charge in [-0.2, -0.15) is 0 Å². The number of fused-ring (bicyclic) bond motifs is 1. The average molecular weight is 578 g/mol. The van der Waals surface area contributed by atoms with Crippen LogP contribution in [0.25, 0.3) is 6.08 Å². The first kappa shape index (κ1) is 32.9. The van der Waals surface area contributed by atoms with E-state index in [2.05, 4.69) is 11.1 Å². The second-order valence-corrected chi connectivity index (χ2v) is 12.1. The maximum absolute atomic E-state index is 12.7. The number of aryl methyl sites for hydroxylation is 1. The Morgan fingerprint density at radius 2 is 1.88 bits per heavy atom.